The largest absolute Gasteiger partial charge is 0.493 e. The van der Waals surface area contributed by atoms with E-state index >= 15 is 0 Å². The Morgan fingerprint density at radius 1 is 0.957 bits per heavy atom. The highest BCUT2D eigenvalue weighted by atomic mass is 35.5. The van der Waals surface area contributed by atoms with E-state index in [0.29, 0.717) is 45.3 Å². The number of hydrogen-bond acceptors (Lipinski definition) is 10. The Balaban J connectivity index is 1.26. The number of cyclic esters (lactones) is 1. The number of benzene rings is 3. The topological polar surface area (TPSA) is 132 Å². The first kappa shape index (κ1) is 30.0. The van der Waals surface area contributed by atoms with Crippen LogP contribution in [0.25, 0.3) is 0 Å². The van der Waals surface area contributed by atoms with Gasteiger partial charge < -0.3 is 33.7 Å². The van der Waals surface area contributed by atoms with Crippen molar-refractivity contribution in [2.45, 2.75) is 18.5 Å². The van der Waals surface area contributed by atoms with Crippen molar-refractivity contribution in [3.8, 4) is 28.7 Å². The van der Waals surface area contributed by atoms with E-state index in [1.807, 2.05) is 30.3 Å². The number of amides is 1. The fourth-order valence-electron chi connectivity index (χ4n) is 6.55. The molecule has 2 aliphatic heterocycles. The molecule has 1 fully saturated rings. The Kier molecular flexibility index (Phi) is 7.77. The number of nitrogens with one attached hydrogen (secondary N) is 1. The van der Waals surface area contributed by atoms with Crippen molar-refractivity contribution in [1.82, 2.24) is 20.3 Å². The third kappa shape index (κ3) is 5.11. The number of carbonyl (C=O) groups is 2. The van der Waals surface area contributed by atoms with Gasteiger partial charge in [-0.25, -0.2) is 4.68 Å². The Bertz CT molecular complexity index is 1840. The molecular formula is C32H28Cl2N4O8. The second kappa shape index (κ2) is 11.9. The molecule has 3 aromatic carbocycles. The summed E-state index contributed by atoms with van der Waals surface area (Å²) in [6, 6.07) is 12.0. The lowest BCUT2D eigenvalue weighted by molar-refractivity contribution is -0.141. The molecule has 4 atom stereocenters. The third-order valence-corrected chi connectivity index (χ3v) is 9.36. The van der Waals surface area contributed by atoms with Gasteiger partial charge in [-0.2, -0.15) is 0 Å². The molecule has 1 aliphatic carbocycles. The monoisotopic (exact) mass is 666 g/mol. The molecule has 238 valence electrons. The molecule has 1 amide bonds. The standard InChI is InChI=1S/C32H28Cl2N4O8/c1-41-25-7-16(8-26(42-2)30(25)43-3)27-17-9-23-24(46-14-45-23)10-18(17)29(19-13-44-32(40)28(19)27)35-31(39)22-12-38(37-36-22)11-15-4-5-20(33)21(34)6-15/h4-10,12,19,27-29H,11,13-14H2,1-3H3,(H,35,39)/t19-,27+,28-,29+/m0/s1. The van der Waals surface area contributed by atoms with Crippen molar-refractivity contribution in [2.24, 2.45) is 11.8 Å². The lowest BCUT2D eigenvalue weighted by Gasteiger charge is -2.39. The van der Waals surface area contributed by atoms with Crippen molar-refractivity contribution in [1.29, 1.82) is 0 Å². The maximum Gasteiger partial charge on any atom is 0.310 e. The summed E-state index contributed by atoms with van der Waals surface area (Å²) in [5.41, 5.74) is 3.23. The van der Waals surface area contributed by atoms with E-state index in [0.717, 1.165) is 22.3 Å². The first-order chi connectivity index (χ1) is 22.3. The molecule has 0 radical (unpaired) electrons. The average Bonchev–Trinajstić information content (AvgIpc) is 3.81. The lowest BCUT2D eigenvalue weighted by Crippen LogP contribution is -2.43. The molecule has 46 heavy (non-hydrogen) atoms. The van der Waals surface area contributed by atoms with E-state index in [9.17, 15) is 9.59 Å². The first-order valence-corrected chi connectivity index (χ1v) is 15.1. The Hall–Kier alpha value is -4.68. The molecule has 1 aromatic heterocycles. The summed E-state index contributed by atoms with van der Waals surface area (Å²) in [7, 11) is 4.60. The number of nitrogens with zero attached hydrogens (tertiary/aromatic N) is 3. The Morgan fingerprint density at radius 3 is 2.35 bits per heavy atom. The minimum absolute atomic E-state index is 0.0565. The number of ether oxygens (including phenoxy) is 6. The zero-order chi connectivity index (χ0) is 32.1. The molecule has 1 saturated heterocycles. The van der Waals surface area contributed by atoms with Crippen molar-refractivity contribution in [3.05, 3.63) is 86.7 Å². The van der Waals surface area contributed by atoms with Crippen LogP contribution in [0.15, 0.2) is 48.7 Å². The highest BCUT2D eigenvalue weighted by Crippen LogP contribution is 2.55. The fraction of sp³-hybridized carbons (Fsp3) is 0.312. The van der Waals surface area contributed by atoms with Gasteiger partial charge >= 0.3 is 5.97 Å². The quantitative estimate of drug-likeness (QED) is 0.262. The summed E-state index contributed by atoms with van der Waals surface area (Å²) < 4.78 is 35.4. The van der Waals surface area contributed by atoms with E-state index in [-0.39, 0.29) is 25.1 Å². The highest BCUT2D eigenvalue weighted by Gasteiger charge is 2.53. The molecule has 3 aliphatic rings. The zero-order valence-corrected chi connectivity index (χ0v) is 26.4. The summed E-state index contributed by atoms with van der Waals surface area (Å²) in [6.07, 6.45) is 1.55. The number of hydrogen-bond donors (Lipinski definition) is 1. The minimum Gasteiger partial charge on any atom is -0.493 e. The van der Waals surface area contributed by atoms with Crippen molar-refractivity contribution in [2.75, 3.05) is 34.7 Å². The van der Waals surface area contributed by atoms with Gasteiger partial charge in [-0.1, -0.05) is 34.5 Å². The smallest absolute Gasteiger partial charge is 0.310 e. The summed E-state index contributed by atoms with van der Waals surface area (Å²) in [5, 5.41) is 12.2. The van der Waals surface area contributed by atoms with Gasteiger partial charge in [0.25, 0.3) is 5.91 Å². The minimum atomic E-state index is -0.647. The van der Waals surface area contributed by atoms with Crippen molar-refractivity contribution >= 4 is 35.1 Å². The summed E-state index contributed by atoms with van der Waals surface area (Å²) >= 11 is 12.2. The summed E-state index contributed by atoms with van der Waals surface area (Å²) in [5.74, 6) is 0.0112. The molecule has 3 heterocycles. The maximum atomic E-state index is 13.7. The number of esters is 1. The Labute approximate surface area is 273 Å². The molecule has 0 unspecified atom stereocenters. The second-order valence-corrected chi connectivity index (χ2v) is 11.9. The van der Waals surface area contributed by atoms with Crippen LogP contribution in [0.2, 0.25) is 10.0 Å². The van der Waals surface area contributed by atoms with Gasteiger partial charge in [-0.15, -0.1) is 5.10 Å². The molecule has 0 saturated carbocycles. The van der Waals surface area contributed by atoms with Crippen LogP contribution in [0.1, 0.15) is 44.7 Å². The van der Waals surface area contributed by atoms with Crippen LogP contribution in [-0.4, -0.2) is 61.6 Å². The molecule has 12 nitrogen and oxygen atoms in total. The van der Waals surface area contributed by atoms with Gasteiger partial charge in [0.2, 0.25) is 12.5 Å². The number of fused-ring (bicyclic) bond motifs is 3. The van der Waals surface area contributed by atoms with E-state index in [1.54, 1.807) is 18.3 Å². The normalized spacial score (nSPS) is 20.8. The predicted octanol–water partition coefficient (Wildman–Crippen LogP) is 4.79. The predicted molar refractivity (Wildman–Crippen MR) is 164 cm³/mol. The molecule has 1 N–H and O–H groups in total. The molecule has 0 spiro atoms. The second-order valence-electron chi connectivity index (χ2n) is 11.1. The molecular weight excluding hydrogens is 639 g/mol. The highest BCUT2D eigenvalue weighted by molar-refractivity contribution is 6.42. The van der Waals surface area contributed by atoms with Crippen LogP contribution in [0.3, 0.4) is 0 Å². The number of rotatable bonds is 8. The third-order valence-electron chi connectivity index (χ3n) is 8.62. The van der Waals surface area contributed by atoms with E-state index < -0.39 is 29.7 Å². The van der Waals surface area contributed by atoms with Crippen LogP contribution in [0.4, 0.5) is 0 Å². The summed E-state index contributed by atoms with van der Waals surface area (Å²) in [6.45, 7) is 0.491. The SMILES string of the molecule is COc1cc([C@@H]2c3cc4c(cc3[C@@H](NC(=O)c3cn(Cc5ccc(Cl)c(Cl)c5)nn3)[C@H]3COC(=O)[C@H]23)OCO4)cc(OC)c1OC. The lowest BCUT2D eigenvalue weighted by atomic mass is 9.65. The van der Waals surface area contributed by atoms with E-state index in [1.165, 1.54) is 26.0 Å². The average molecular weight is 668 g/mol. The fourth-order valence-corrected chi connectivity index (χ4v) is 6.87. The molecule has 4 aromatic rings. The molecule has 0 bridgehead atoms. The van der Waals surface area contributed by atoms with Crippen LogP contribution in [0.5, 0.6) is 28.7 Å². The van der Waals surface area contributed by atoms with Gasteiger partial charge in [0.15, 0.2) is 28.7 Å². The van der Waals surface area contributed by atoms with Crippen molar-refractivity contribution < 1.29 is 38.0 Å². The van der Waals surface area contributed by atoms with Gasteiger partial charge in [-0.05, 0) is 58.7 Å². The molecule has 14 heteroatoms. The van der Waals surface area contributed by atoms with Crippen molar-refractivity contribution in [3.63, 3.8) is 0 Å². The van der Waals surface area contributed by atoms with Crippen LogP contribution < -0.4 is 29.0 Å². The number of carbonyl (C=O) groups excluding carboxylic acids is 2. The van der Waals surface area contributed by atoms with Gasteiger partial charge in [0.1, 0.15) is 0 Å². The zero-order valence-electron chi connectivity index (χ0n) is 24.9. The van der Waals surface area contributed by atoms with Crippen LogP contribution in [0, 0.1) is 11.8 Å². The number of halogens is 2. The summed E-state index contributed by atoms with van der Waals surface area (Å²) in [4.78, 5) is 27.2. The Morgan fingerprint density at radius 2 is 1.67 bits per heavy atom. The maximum absolute atomic E-state index is 13.7. The van der Waals surface area contributed by atoms with Gasteiger partial charge in [0.05, 0.1) is 62.7 Å². The van der Waals surface area contributed by atoms with Gasteiger partial charge in [-0.3, -0.25) is 9.59 Å². The van der Waals surface area contributed by atoms with E-state index in [4.69, 9.17) is 51.6 Å². The van der Waals surface area contributed by atoms with Crippen LogP contribution >= 0.6 is 23.2 Å². The molecule has 7 rings (SSSR count). The van der Waals surface area contributed by atoms with Crippen LogP contribution in [-0.2, 0) is 16.1 Å². The number of aromatic nitrogens is 3. The number of methoxy groups -OCH3 is 3. The first-order valence-electron chi connectivity index (χ1n) is 14.3. The van der Waals surface area contributed by atoms with E-state index in [2.05, 4.69) is 15.6 Å². The van der Waals surface area contributed by atoms with Gasteiger partial charge in [0, 0.05) is 11.8 Å².